The van der Waals surface area contributed by atoms with E-state index >= 15 is 0 Å². The summed E-state index contributed by atoms with van der Waals surface area (Å²) in [5, 5.41) is 0.603. The molecular weight excluding hydrogens is 336 g/mol. The molecule has 132 valence electrons. The molecule has 0 aromatic heterocycles. The van der Waals surface area contributed by atoms with E-state index < -0.39 is 0 Å². The molecular formula is C20H23ClN2O2. The third kappa shape index (κ3) is 4.60. The first-order chi connectivity index (χ1) is 11.8. The fourth-order valence-electron chi connectivity index (χ4n) is 2.81. The van der Waals surface area contributed by atoms with Crippen molar-refractivity contribution in [1.29, 1.82) is 0 Å². The number of anilines is 2. The maximum Gasteiger partial charge on any atom is 0.247 e. The van der Waals surface area contributed by atoms with Gasteiger partial charge in [0.25, 0.3) is 0 Å². The van der Waals surface area contributed by atoms with Gasteiger partial charge in [0, 0.05) is 29.9 Å². The second kappa shape index (κ2) is 8.17. The van der Waals surface area contributed by atoms with Crippen LogP contribution in [0.5, 0.6) is 0 Å². The largest absolute Gasteiger partial charge is 0.311 e. The highest BCUT2D eigenvalue weighted by atomic mass is 35.5. The van der Waals surface area contributed by atoms with Gasteiger partial charge in [-0.2, -0.15) is 0 Å². The van der Waals surface area contributed by atoms with Crippen molar-refractivity contribution in [2.24, 2.45) is 0 Å². The monoisotopic (exact) mass is 358 g/mol. The Hall–Kier alpha value is -2.33. The van der Waals surface area contributed by atoms with Gasteiger partial charge >= 0.3 is 0 Å². The summed E-state index contributed by atoms with van der Waals surface area (Å²) in [4.78, 5) is 28.2. The molecule has 5 heteroatoms. The van der Waals surface area contributed by atoms with Crippen LogP contribution in [0.3, 0.4) is 0 Å². The molecule has 0 spiro atoms. The van der Waals surface area contributed by atoms with E-state index in [4.69, 9.17) is 11.6 Å². The van der Waals surface area contributed by atoms with Crippen molar-refractivity contribution in [2.45, 2.75) is 27.7 Å². The number of nitrogens with zero attached hydrogens (tertiary/aromatic N) is 2. The number of carbonyl (C=O) groups excluding carboxylic acids is 2. The van der Waals surface area contributed by atoms with Gasteiger partial charge in [0.2, 0.25) is 11.8 Å². The van der Waals surface area contributed by atoms with E-state index in [1.165, 1.54) is 11.8 Å². The molecule has 0 bridgehead atoms. The van der Waals surface area contributed by atoms with Crippen LogP contribution in [0.2, 0.25) is 5.02 Å². The Morgan fingerprint density at radius 1 is 1.04 bits per heavy atom. The molecule has 0 aliphatic heterocycles. The van der Waals surface area contributed by atoms with Gasteiger partial charge in [0.15, 0.2) is 0 Å². The molecule has 2 aromatic rings. The summed E-state index contributed by atoms with van der Waals surface area (Å²) in [7, 11) is 0. The number of hydrogen-bond donors (Lipinski definition) is 0. The normalized spacial score (nSPS) is 10.4. The van der Waals surface area contributed by atoms with Crippen LogP contribution >= 0.6 is 11.6 Å². The fourth-order valence-corrected chi connectivity index (χ4v) is 3.03. The van der Waals surface area contributed by atoms with Gasteiger partial charge in [-0.05, 0) is 62.2 Å². The number of amides is 2. The molecule has 0 atom stereocenters. The van der Waals surface area contributed by atoms with Crippen LogP contribution in [0.4, 0.5) is 11.4 Å². The molecule has 0 N–H and O–H groups in total. The van der Waals surface area contributed by atoms with Gasteiger partial charge in [-0.1, -0.05) is 23.7 Å². The summed E-state index contributed by atoms with van der Waals surface area (Å²) in [5.41, 5.74) is 3.48. The minimum absolute atomic E-state index is 0.0143. The van der Waals surface area contributed by atoms with Gasteiger partial charge in [-0.25, -0.2) is 0 Å². The Balaban J connectivity index is 2.29. The summed E-state index contributed by atoms with van der Waals surface area (Å²) in [6.45, 7) is 7.77. The van der Waals surface area contributed by atoms with E-state index in [9.17, 15) is 9.59 Å². The zero-order chi connectivity index (χ0) is 18.6. The summed E-state index contributed by atoms with van der Waals surface area (Å²) in [5.74, 6) is -0.309. The van der Waals surface area contributed by atoms with Crippen molar-refractivity contribution in [3.63, 3.8) is 0 Å². The number of carbonyl (C=O) groups is 2. The van der Waals surface area contributed by atoms with Crippen molar-refractivity contribution >= 4 is 34.8 Å². The number of halogens is 1. The summed E-state index contributed by atoms with van der Waals surface area (Å²) in [6.07, 6.45) is 0. The molecule has 0 fully saturated rings. The van der Waals surface area contributed by atoms with Crippen molar-refractivity contribution in [3.8, 4) is 0 Å². The first kappa shape index (κ1) is 19.0. The number of rotatable bonds is 5. The van der Waals surface area contributed by atoms with E-state index in [1.807, 2.05) is 45.0 Å². The van der Waals surface area contributed by atoms with E-state index in [0.717, 1.165) is 16.8 Å². The van der Waals surface area contributed by atoms with Gasteiger partial charge < -0.3 is 9.80 Å². The molecule has 2 rings (SSSR count). The Morgan fingerprint density at radius 2 is 1.76 bits per heavy atom. The van der Waals surface area contributed by atoms with Gasteiger partial charge in [-0.3, -0.25) is 9.59 Å². The maximum atomic E-state index is 12.9. The van der Waals surface area contributed by atoms with E-state index in [0.29, 0.717) is 17.3 Å². The van der Waals surface area contributed by atoms with Gasteiger partial charge in [0.05, 0.1) is 0 Å². The predicted octanol–water partition coefficient (Wildman–Crippen LogP) is 4.36. The van der Waals surface area contributed by atoms with Gasteiger partial charge in [-0.15, -0.1) is 0 Å². The Kier molecular flexibility index (Phi) is 6.21. The lowest BCUT2D eigenvalue weighted by molar-refractivity contribution is -0.121. The highest BCUT2D eigenvalue weighted by molar-refractivity contribution is 6.30. The zero-order valence-corrected chi connectivity index (χ0v) is 15.8. The number of aryl methyl sites for hydroxylation is 2. The number of hydrogen-bond acceptors (Lipinski definition) is 2. The molecule has 0 saturated carbocycles. The highest BCUT2D eigenvalue weighted by Crippen LogP contribution is 2.24. The van der Waals surface area contributed by atoms with Crippen LogP contribution in [0.25, 0.3) is 0 Å². The van der Waals surface area contributed by atoms with Crippen LogP contribution in [-0.2, 0) is 9.59 Å². The quantitative estimate of drug-likeness (QED) is 0.796. The summed E-state index contributed by atoms with van der Waals surface area (Å²) >= 11 is 6.00. The molecule has 2 amide bonds. The Morgan fingerprint density at radius 3 is 2.32 bits per heavy atom. The van der Waals surface area contributed by atoms with Crippen LogP contribution in [-0.4, -0.2) is 24.9 Å². The molecule has 0 saturated heterocycles. The van der Waals surface area contributed by atoms with Crippen LogP contribution in [0, 0.1) is 13.8 Å². The maximum absolute atomic E-state index is 12.9. The molecule has 25 heavy (non-hydrogen) atoms. The first-order valence-electron chi connectivity index (χ1n) is 8.24. The SMILES string of the molecule is CCN(C(=O)CN(C(C)=O)c1ccc(Cl)cc1C)c1cccc(C)c1. The zero-order valence-electron chi connectivity index (χ0n) is 15.0. The minimum atomic E-state index is -0.181. The lowest BCUT2D eigenvalue weighted by Gasteiger charge is -2.27. The number of likely N-dealkylation sites (N-methyl/N-ethyl adjacent to an activating group) is 1. The van der Waals surface area contributed by atoms with E-state index in [1.54, 1.807) is 23.1 Å². The van der Waals surface area contributed by atoms with E-state index in [2.05, 4.69) is 0 Å². The average Bonchev–Trinajstić information content (AvgIpc) is 2.54. The second-order valence-electron chi connectivity index (χ2n) is 6.01. The standard InChI is InChI=1S/C20H23ClN2O2/c1-5-22(18-8-6-7-14(2)11-18)20(25)13-23(16(4)24)19-10-9-17(21)12-15(19)3/h6-12H,5,13H2,1-4H3. The molecule has 0 aliphatic rings. The Bertz CT molecular complexity index is 789. The van der Waals surface area contributed by atoms with E-state index in [-0.39, 0.29) is 18.4 Å². The fraction of sp³-hybridized carbons (Fsp3) is 0.300. The lowest BCUT2D eigenvalue weighted by Crippen LogP contribution is -2.42. The molecule has 2 aromatic carbocycles. The topological polar surface area (TPSA) is 40.6 Å². The highest BCUT2D eigenvalue weighted by Gasteiger charge is 2.22. The average molecular weight is 359 g/mol. The van der Waals surface area contributed by atoms with Crippen molar-refractivity contribution in [1.82, 2.24) is 0 Å². The van der Waals surface area contributed by atoms with Crippen molar-refractivity contribution in [3.05, 3.63) is 58.6 Å². The minimum Gasteiger partial charge on any atom is -0.311 e. The first-order valence-corrected chi connectivity index (χ1v) is 8.62. The third-order valence-corrected chi connectivity index (χ3v) is 4.29. The molecule has 0 aliphatic carbocycles. The van der Waals surface area contributed by atoms with Crippen LogP contribution < -0.4 is 9.80 Å². The third-order valence-electron chi connectivity index (χ3n) is 4.05. The summed E-state index contributed by atoms with van der Waals surface area (Å²) < 4.78 is 0. The van der Waals surface area contributed by atoms with Crippen LogP contribution in [0.1, 0.15) is 25.0 Å². The molecule has 0 unspecified atom stereocenters. The molecule has 4 nitrogen and oxygen atoms in total. The predicted molar refractivity (Wildman–Crippen MR) is 103 cm³/mol. The van der Waals surface area contributed by atoms with Crippen LogP contribution in [0.15, 0.2) is 42.5 Å². The number of benzene rings is 2. The Labute approximate surface area is 154 Å². The molecule has 0 radical (unpaired) electrons. The lowest BCUT2D eigenvalue weighted by atomic mass is 10.1. The van der Waals surface area contributed by atoms with Crippen molar-refractivity contribution in [2.75, 3.05) is 22.9 Å². The smallest absolute Gasteiger partial charge is 0.247 e. The van der Waals surface area contributed by atoms with Crippen molar-refractivity contribution < 1.29 is 9.59 Å². The summed E-state index contributed by atoms with van der Waals surface area (Å²) in [6, 6.07) is 13.1. The second-order valence-corrected chi connectivity index (χ2v) is 6.45. The molecule has 0 heterocycles. The van der Waals surface area contributed by atoms with Gasteiger partial charge in [0.1, 0.15) is 6.54 Å².